The van der Waals surface area contributed by atoms with Crippen LogP contribution in [-0.4, -0.2) is 22.2 Å². The molecule has 2 N–H and O–H groups in total. The minimum Gasteiger partial charge on any atom is -0.507 e. The second kappa shape index (κ2) is 7.48. The number of nitrogens with one attached hydrogen (secondary N) is 1. The van der Waals surface area contributed by atoms with Crippen LogP contribution in [0.3, 0.4) is 0 Å². The maximum atomic E-state index is 12.8. The van der Waals surface area contributed by atoms with Gasteiger partial charge in [0.2, 0.25) is 0 Å². The largest absolute Gasteiger partial charge is 0.507 e. The van der Waals surface area contributed by atoms with Gasteiger partial charge >= 0.3 is 0 Å². The van der Waals surface area contributed by atoms with Crippen LogP contribution >= 0.6 is 0 Å². The van der Waals surface area contributed by atoms with Crippen LogP contribution in [0.4, 0.5) is 10.1 Å². The second-order valence-corrected chi connectivity index (χ2v) is 5.37. The lowest BCUT2D eigenvalue weighted by molar-refractivity contribution is -0.384. The Hall–Kier alpha value is -4.01. The number of carbonyl (C=O) groups is 1. The molecule has 1 amide bonds. The van der Waals surface area contributed by atoms with Crippen molar-refractivity contribution in [2.45, 2.75) is 0 Å². The van der Waals surface area contributed by atoms with Crippen molar-refractivity contribution in [2.24, 2.45) is 5.10 Å². The zero-order valence-corrected chi connectivity index (χ0v) is 13.6. The fourth-order valence-electron chi connectivity index (χ4n) is 2.23. The maximum Gasteiger partial charge on any atom is 0.273 e. The highest BCUT2D eigenvalue weighted by Gasteiger charge is 2.14. The molecule has 0 saturated heterocycles. The van der Waals surface area contributed by atoms with E-state index in [1.54, 1.807) is 12.1 Å². The highest BCUT2D eigenvalue weighted by atomic mass is 19.1. The molecule has 0 atom stereocenters. The first-order valence-corrected chi connectivity index (χ1v) is 7.60. The van der Waals surface area contributed by atoms with Crippen LogP contribution in [-0.2, 0) is 0 Å². The number of halogens is 1. The Balaban J connectivity index is 1.69. The number of carbonyl (C=O) groups excluding carboxylic acids is 1. The normalized spacial score (nSPS) is 10.9. The first-order valence-electron chi connectivity index (χ1n) is 7.60. The van der Waals surface area contributed by atoms with Crippen molar-refractivity contribution in [2.75, 3.05) is 0 Å². The standard InChI is InChI=1S/C18H12FN3O5/c19-12-3-1-11(2-4-12)18(24)21-20-10-14-6-8-17(27-14)15-7-5-13(22(25)26)9-16(15)23/h1-10,23H,(H,21,24)/b20-10-. The fraction of sp³-hybridized carbons (Fsp3) is 0. The van der Waals surface area contributed by atoms with Gasteiger partial charge in [-0.1, -0.05) is 0 Å². The van der Waals surface area contributed by atoms with Crippen molar-refractivity contribution in [1.82, 2.24) is 5.43 Å². The Labute approximate surface area is 151 Å². The SMILES string of the molecule is O=C(N/N=C\c1ccc(-c2ccc([N+](=O)[O-])cc2O)o1)c1ccc(F)cc1. The number of rotatable bonds is 5. The van der Waals surface area contributed by atoms with Crippen LogP contribution in [0.2, 0.25) is 0 Å². The van der Waals surface area contributed by atoms with Gasteiger partial charge in [0, 0.05) is 11.6 Å². The van der Waals surface area contributed by atoms with Gasteiger partial charge in [0.05, 0.1) is 22.8 Å². The average Bonchev–Trinajstić information content (AvgIpc) is 3.10. The van der Waals surface area contributed by atoms with E-state index in [-0.39, 0.29) is 34.1 Å². The number of phenols is 1. The van der Waals surface area contributed by atoms with Gasteiger partial charge in [-0.3, -0.25) is 14.9 Å². The third kappa shape index (κ3) is 4.15. The Morgan fingerprint density at radius 3 is 2.59 bits per heavy atom. The molecular formula is C18H12FN3O5. The Kier molecular flexibility index (Phi) is 4.93. The average molecular weight is 369 g/mol. The zero-order valence-electron chi connectivity index (χ0n) is 13.6. The number of aromatic hydroxyl groups is 1. The number of nitro groups is 1. The van der Waals surface area contributed by atoms with Crippen LogP contribution in [0.1, 0.15) is 16.1 Å². The molecule has 0 spiro atoms. The zero-order chi connectivity index (χ0) is 19.4. The lowest BCUT2D eigenvalue weighted by atomic mass is 10.1. The number of hydrazone groups is 1. The Bertz CT molecular complexity index is 1030. The minimum absolute atomic E-state index is 0.240. The van der Waals surface area contributed by atoms with Crippen LogP contribution in [0, 0.1) is 15.9 Å². The molecule has 9 heteroatoms. The number of phenolic OH excluding ortho intramolecular Hbond substituents is 1. The van der Waals surface area contributed by atoms with Gasteiger partial charge in [0.1, 0.15) is 23.1 Å². The highest BCUT2D eigenvalue weighted by Crippen LogP contribution is 2.33. The molecule has 2 aromatic carbocycles. The van der Waals surface area contributed by atoms with Crippen molar-refractivity contribution in [3.05, 3.63) is 81.9 Å². The monoisotopic (exact) mass is 369 g/mol. The third-order valence-corrected chi connectivity index (χ3v) is 3.55. The van der Waals surface area contributed by atoms with Crippen LogP contribution < -0.4 is 5.43 Å². The molecule has 0 aliphatic rings. The van der Waals surface area contributed by atoms with E-state index in [2.05, 4.69) is 10.5 Å². The molecule has 0 saturated carbocycles. The minimum atomic E-state index is -0.618. The van der Waals surface area contributed by atoms with Gasteiger partial charge in [-0.2, -0.15) is 5.10 Å². The third-order valence-electron chi connectivity index (χ3n) is 3.55. The molecule has 0 aliphatic heterocycles. The van der Waals surface area contributed by atoms with E-state index in [9.17, 15) is 24.4 Å². The first kappa shape index (κ1) is 17.8. The summed E-state index contributed by atoms with van der Waals surface area (Å²) in [6.07, 6.45) is 1.24. The molecule has 0 bridgehead atoms. The van der Waals surface area contributed by atoms with E-state index in [1.807, 2.05) is 0 Å². The van der Waals surface area contributed by atoms with Crippen molar-refractivity contribution in [3.63, 3.8) is 0 Å². The topological polar surface area (TPSA) is 118 Å². The number of benzene rings is 2. The number of hydrogen-bond acceptors (Lipinski definition) is 6. The van der Waals surface area contributed by atoms with E-state index in [0.717, 1.165) is 18.2 Å². The van der Waals surface area contributed by atoms with E-state index in [1.165, 1.54) is 30.5 Å². The van der Waals surface area contributed by atoms with Crippen LogP contribution in [0.5, 0.6) is 5.75 Å². The van der Waals surface area contributed by atoms with Crippen LogP contribution in [0.25, 0.3) is 11.3 Å². The summed E-state index contributed by atoms with van der Waals surface area (Å²) in [5.41, 5.74) is 2.54. The molecule has 0 aliphatic carbocycles. The Morgan fingerprint density at radius 1 is 1.19 bits per heavy atom. The lowest BCUT2D eigenvalue weighted by Gasteiger charge is -2.01. The number of non-ortho nitro benzene ring substituents is 1. The van der Waals surface area contributed by atoms with Gasteiger partial charge in [0.25, 0.3) is 11.6 Å². The predicted octanol–water partition coefficient (Wildman–Crippen LogP) is 3.46. The number of nitrogens with zero attached hydrogens (tertiary/aromatic N) is 2. The smallest absolute Gasteiger partial charge is 0.273 e. The van der Waals surface area contributed by atoms with Gasteiger partial charge in [-0.05, 0) is 42.5 Å². The van der Waals surface area contributed by atoms with Gasteiger partial charge in [-0.15, -0.1) is 0 Å². The van der Waals surface area contributed by atoms with Crippen molar-refractivity contribution < 1.29 is 23.6 Å². The fourth-order valence-corrected chi connectivity index (χ4v) is 2.23. The lowest BCUT2D eigenvalue weighted by Crippen LogP contribution is -2.17. The summed E-state index contributed by atoms with van der Waals surface area (Å²) in [5.74, 6) is -0.721. The van der Waals surface area contributed by atoms with E-state index >= 15 is 0 Å². The number of amides is 1. The van der Waals surface area contributed by atoms with E-state index < -0.39 is 16.6 Å². The number of hydrogen-bond donors (Lipinski definition) is 2. The van der Waals surface area contributed by atoms with E-state index in [0.29, 0.717) is 0 Å². The molecular weight excluding hydrogens is 357 g/mol. The van der Waals surface area contributed by atoms with Crippen molar-refractivity contribution in [1.29, 1.82) is 0 Å². The summed E-state index contributed by atoms with van der Waals surface area (Å²) in [6.45, 7) is 0. The molecule has 3 aromatic rings. The number of furan rings is 1. The van der Waals surface area contributed by atoms with Gasteiger partial charge < -0.3 is 9.52 Å². The molecule has 0 radical (unpaired) electrons. The van der Waals surface area contributed by atoms with Crippen LogP contribution in [0.15, 0.2) is 64.1 Å². The van der Waals surface area contributed by atoms with Gasteiger partial charge in [-0.25, -0.2) is 9.82 Å². The summed E-state index contributed by atoms with van der Waals surface area (Å²) in [6, 6.07) is 11.7. The van der Waals surface area contributed by atoms with Crippen molar-refractivity contribution in [3.8, 4) is 17.1 Å². The predicted molar refractivity (Wildman–Crippen MR) is 93.9 cm³/mol. The maximum absolute atomic E-state index is 12.8. The summed E-state index contributed by atoms with van der Waals surface area (Å²) in [4.78, 5) is 21.9. The summed E-state index contributed by atoms with van der Waals surface area (Å²) < 4.78 is 18.3. The molecule has 1 heterocycles. The molecule has 0 unspecified atom stereocenters. The molecule has 136 valence electrons. The summed E-state index contributed by atoms with van der Waals surface area (Å²) in [7, 11) is 0. The number of nitro benzene ring substituents is 1. The van der Waals surface area contributed by atoms with E-state index in [4.69, 9.17) is 4.42 Å². The summed E-state index contributed by atoms with van der Waals surface area (Å²) >= 11 is 0. The van der Waals surface area contributed by atoms with Gasteiger partial charge in [0.15, 0.2) is 0 Å². The molecule has 0 fully saturated rings. The quantitative estimate of drug-likeness (QED) is 0.406. The Morgan fingerprint density at radius 2 is 1.93 bits per heavy atom. The molecule has 8 nitrogen and oxygen atoms in total. The molecule has 3 rings (SSSR count). The molecule has 27 heavy (non-hydrogen) atoms. The van der Waals surface area contributed by atoms with Crippen molar-refractivity contribution >= 4 is 17.8 Å². The summed E-state index contributed by atoms with van der Waals surface area (Å²) in [5, 5.41) is 24.4. The first-order chi connectivity index (χ1) is 12.9. The second-order valence-electron chi connectivity index (χ2n) is 5.37. The molecule has 1 aromatic heterocycles. The highest BCUT2D eigenvalue weighted by molar-refractivity contribution is 5.94.